The quantitative estimate of drug-likeness (QED) is 0.114. The van der Waals surface area contributed by atoms with Gasteiger partial charge in [0.15, 0.2) is 21.9 Å². The molecule has 1 aromatic heterocycles. The van der Waals surface area contributed by atoms with E-state index in [4.69, 9.17) is 28.4 Å². The SMILES string of the molecule is CC[C@H]1OC(=O)[C@H](C)C([C@H]2C[C@@](C)(OC)[C@@H](O)[C@H](C)O2)[C@H](C)[C@@H](O[C@@H]2O[C@H](C)C[C@H](N(C)CCc3cn([C@H](CF)[C@H](OC)c4ccc(S(=O)(=O)CC(F)(F)F)cc4)nn3)[C@H]2O)[C@](C)(O)C[C@@H](C)CN(C)[C@H](C)[C@@H](O)[C@]1(C)O. The van der Waals surface area contributed by atoms with Gasteiger partial charge in [-0.3, -0.25) is 4.79 Å². The van der Waals surface area contributed by atoms with E-state index >= 15 is 0 Å². The van der Waals surface area contributed by atoms with Crippen molar-refractivity contribution >= 4 is 15.8 Å². The van der Waals surface area contributed by atoms with Gasteiger partial charge in [0.05, 0.1) is 52.1 Å². The smallest absolute Gasteiger partial charge is 0.403 e. The molecule has 442 valence electrons. The lowest BCUT2D eigenvalue weighted by molar-refractivity contribution is -0.302. The lowest BCUT2D eigenvalue weighted by Crippen LogP contribution is -2.62. The monoisotopic (exact) mass is 1130 g/mol. The van der Waals surface area contributed by atoms with Crippen LogP contribution in [0.3, 0.4) is 0 Å². The number of carbonyl (C=O) groups excluding carboxylic acids is 1. The van der Waals surface area contributed by atoms with Gasteiger partial charge in [0.1, 0.15) is 48.8 Å². The Morgan fingerprint density at radius 2 is 1.61 bits per heavy atom. The molecule has 5 N–H and O–H groups in total. The number of hydrogen-bond donors (Lipinski definition) is 5. The van der Waals surface area contributed by atoms with Crippen molar-refractivity contribution in [3.05, 3.63) is 41.7 Å². The molecule has 3 aliphatic rings. The van der Waals surface area contributed by atoms with Crippen LogP contribution in [-0.2, 0) is 49.5 Å². The van der Waals surface area contributed by atoms with Crippen LogP contribution in [0.4, 0.5) is 17.6 Å². The topological polar surface area (TPSA) is 245 Å². The van der Waals surface area contributed by atoms with Crippen LogP contribution in [0.15, 0.2) is 35.4 Å². The molecule has 0 saturated carbocycles. The molecule has 0 amide bonds. The van der Waals surface area contributed by atoms with Gasteiger partial charge in [0.25, 0.3) is 0 Å². The predicted molar refractivity (Wildman–Crippen MR) is 275 cm³/mol. The number of carbonyl (C=O) groups is 1. The van der Waals surface area contributed by atoms with Crippen molar-refractivity contribution in [2.75, 3.05) is 53.8 Å². The third-order valence-corrected chi connectivity index (χ3v) is 18.5. The normalized spacial score (nSPS) is 38.6. The first kappa shape index (κ1) is 64.8. The predicted octanol–water partition coefficient (Wildman–Crippen LogP) is 4.61. The number of aliphatic hydroxyl groups excluding tert-OH is 3. The van der Waals surface area contributed by atoms with Crippen molar-refractivity contribution in [3.63, 3.8) is 0 Å². The molecule has 0 spiro atoms. The van der Waals surface area contributed by atoms with Gasteiger partial charge in [-0.1, -0.05) is 45.0 Å². The molecule has 19 nitrogen and oxygen atoms in total. The highest BCUT2D eigenvalue weighted by molar-refractivity contribution is 7.91. The molecule has 3 fully saturated rings. The zero-order valence-electron chi connectivity index (χ0n) is 47.1. The Balaban J connectivity index is 1.43. The van der Waals surface area contributed by atoms with E-state index < -0.39 is 153 Å². The lowest BCUT2D eigenvalue weighted by Gasteiger charge is -2.51. The second kappa shape index (κ2) is 25.9. The van der Waals surface area contributed by atoms with E-state index in [-0.39, 0.29) is 31.6 Å². The summed E-state index contributed by atoms with van der Waals surface area (Å²) in [5.74, 6) is -5.53. The first-order valence-electron chi connectivity index (χ1n) is 26.7. The Labute approximate surface area is 451 Å². The van der Waals surface area contributed by atoms with Crippen molar-refractivity contribution in [2.24, 2.45) is 23.7 Å². The number of likely N-dealkylation sites (N-methyl/N-ethyl adjacent to an activating group) is 2. The van der Waals surface area contributed by atoms with E-state index in [0.29, 0.717) is 30.8 Å². The van der Waals surface area contributed by atoms with Crippen LogP contribution >= 0.6 is 0 Å². The molecule has 3 aliphatic heterocycles. The van der Waals surface area contributed by atoms with Gasteiger partial charge in [0.2, 0.25) is 0 Å². The van der Waals surface area contributed by atoms with Gasteiger partial charge in [-0.15, -0.1) is 5.10 Å². The van der Waals surface area contributed by atoms with Crippen LogP contribution in [0, 0.1) is 23.7 Å². The van der Waals surface area contributed by atoms with E-state index in [1.54, 1.807) is 48.6 Å². The zero-order chi connectivity index (χ0) is 57.9. The average molecular weight is 1130 g/mol. The molecule has 0 radical (unpaired) electrons. The molecule has 4 heterocycles. The van der Waals surface area contributed by atoms with E-state index in [2.05, 4.69) is 10.3 Å². The summed E-state index contributed by atoms with van der Waals surface area (Å²) in [4.78, 5) is 17.9. The van der Waals surface area contributed by atoms with Gasteiger partial charge in [-0.25, -0.2) is 17.5 Å². The number of halogens is 4. The summed E-state index contributed by atoms with van der Waals surface area (Å²) in [6, 6.07) is 2.28. The first-order valence-corrected chi connectivity index (χ1v) is 28.3. The summed E-state index contributed by atoms with van der Waals surface area (Å²) >= 11 is 0. The minimum Gasteiger partial charge on any atom is -0.459 e. The lowest BCUT2D eigenvalue weighted by atomic mass is 9.68. The van der Waals surface area contributed by atoms with E-state index in [1.165, 1.54) is 44.2 Å². The molecule has 3 saturated heterocycles. The standard InChI is InChI=1S/C53H87F4N5O14S/c1-15-41-52(10,68)45(64)33(6)61(12)26-29(2)23-50(8,67)47(31(4)42(32(5)48(66)75-41)40-24-51(9,72-14)46(65)34(7)74-40)76-49-43(63)38(22-30(3)73-49)60(11)21-20-36-27-62(59-58-36)39(25-54)44(71-13)35-16-18-37(19-17-35)77(69,70)28-53(55,56)57/h16-19,27,29-34,38-47,49,63-65,67-68H,15,20-26,28H2,1-14H3/t29-,30-,31+,32-,33-,34+,38+,39-,40-,41-,42?,43-,44-,45-,46+,47-,49+,50-,51-,52-/m1/s1. The van der Waals surface area contributed by atoms with Crippen LogP contribution in [0.5, 0.6) is 0 Å². The molecule has 1 aromatic carbocycles. The third-order valence-electron chi connectivity index (χ3n) is 16.8. The Morgan fingerprint density at radius 1 is 0.974 bits per heavy atom. The number of methoxy groups -OCH3 is 2. The van der Waals surface area contributed by atoms with Crippen molar-refractivity contribution in [1.82, 2.24) is 24.8 Å². The molecule has 2 aromatic rings. The summed E-state index contributed by atoms with van der Waals surface area (Å²) in [5.41, 5.74) is -3.91. The number of aliphatic hydroxyl groups is 5. The summed E-state index contributed by atoms with van der Waals surface area (Å²) in [5, 5.41) is 68.6. The van der Waals surface area contributed by atoms with Crippen LogP contribution < -0.4 is 0 Å². The van der Waals surface area contributed by atoms with E-state index in [1.807, 2.05) is 37.6 Å². The third kappa shape index (κ3) is 15.1. The maximum atomic E-state index is 14.8. The van der Waals surface area contributed by atoms with Gasteiger partial charge >= 0.3 is 12.1 Å². The fourth-order valence-corrected chi connectivity index (χ4v) is 13.4. The van der Waals surface area contributed by atoms with E-state index in [9.17, 15) is 56.3 Å². The maximum Gasteiger partial charge on any atom is 0.403 e. The number of rotatable bonds is 16. The fourth-order valence-electron chi connectivity index (χ4n) is 12.2. The molecule has 20 atom stereocenters. The number of benzene rings is 1. The summed E-state index contributed by atoms with van der Waals surface area (Å²) in [7, 11) is 1.74. The Bertz CT molecular complexity index is 2320. The van der Waals surface area contributed by atoms with Crippen LogP contribution in [0.1, 0.15) is 118 Å². The molecule has 0 aliphatic carbocycles. The van der Waals surface area contributed by atoms with Gasteiger partial charge < -0.3 is 63.8 Å². The molecular formula is C53H87F4N5O14S. The van der Waals surface area contributed by atoms with Crippen molar-refractivity contribution < 1.29 is 84.7 Å². The number of cyclic esters (lactones) is 1. The number of ether oxygens (including phenoxy) is 6. The minimum absolute atomic E-state index is 0.128. The van der Waals surface area contributed by atoms with Gasteiger partial charge in [-0.05, 0) is 104 Å². The maximum absolute atomic E-state index is 14.8. The summed E-state index contributed by atoms with van der Waals surface area (Å²) < 4.78 is 117. The second-order valence-electron chi connectivity index (χ2n) is 23.0. The van der Waals surface area contributed by atoms with Crippen LogP contribution in [0.2, 0.25) is 0 Å². The second-order valence-corrected chi connectivity index (χ2v) is 25.0. The van der Waals surface area contributed by atoms with Crippen molar-refractivity contribution in [3.8, 4) is 0 Å². The first-order chi connectivity index (χ1) is 35.7. The molecular weight excluding hydrogens is 1040 g/mol. The number of hydrogen-bond acceptors (Lipinski definition) is 18. The van der Waals surface area contributed by atoms with Crippen LogP contribution in [-0.4, -0.2) is 209 Å². The van der Waals surface area contributed by atoms with Crippen LogP contribution in [0.25, 0.3) is 0 Å². The summed E-state index contributed by atoms with van der Waals surface area (Å²) in [6.07, 6.45) is -12.6. The number of nitrogens with zero attached hydrogens (tertiary/aromatic N) is 5. The number of aromatic nitrogens is 3. The number of esters is 1. The fraction of sp³-hybridized carbons (Fsp3) is 0.830. The highest BCUT2D eigenvalue weighted by Crippen LogP contribution is 2.45. The molecule has 24 heteroatoms. The highest BCUT2D eigenvalue weighted by Gasteiger charge is 2.55. The molecule has 0 bridgehead atoms. The average Bonchev–Trinajstić information content (AvgIpc) is 3.82. The number of alkyl halides is 4. The summed E-state index contributed by atoms with van der Waals surface area (Å²) in [6.45, 7) is 17.1. The molecule has 1 unspecified atom stereocenters. The van der Waals surface area contributed by atoms with Gasteiger partial charge in [-0.2, -0.15) is 13.2 Å². The zero-order valence-corrected chi connectivity index (χ0v) is 47.9. The minimum atomic E-state index is -4.94. The molecule has 77 heavy (non-hydrogen) atoms. The largest absolute Gasteiger partial charge is 0.459 e. The highest BCUT2D eigenvalue weighted by atomic mass is 32.2. The van der Waals surface area contributed by atoms with Crippen molar-refractivity contribution in [2.45, 2.75) is 209 Å². The Morgan fingerprint density at radius 3 is 2.18 bits per heavy atom. The van der Waals surface area contributed by atoms with Crippen molar-refractivity contribution in [1.29, 1.82) is 0 Å². The van der Waals surface area contributed by atoms with E-state index in [0.717, 1.165) is 12.1 Å². The molecule has 5 rings (SSSR count). The van der Waals surface area contributed by atoms with Gasteiger partial charge in [0, 0.05) is 64.3 Å². The number of sulfone groups is 1. The Hall–Kier alpha value is -2.98. The Kier molecular flexibility index (Phi) is 21.8.